The van der Waals surface area contributed by atoms with Crippen LogP contribution in [0.3, 0.4) is 0 Å². The van der Waals surface area contributed by atoms with Crippen LogP contribution in [0.1, 0.15) is 5.56 Å². The minimum absolute atomic E-state index is 0.0300. The largest absolute Gasteiger partial charge is 0.395 e. The lowest BCUT2D eigenvalue weighted by molar-refractivity contribution is 0.265. The van der Waals surface area contributed by atoms with Crippen LogP contribution in [0.4, 0.5) is 0 Å². The van der Waals surface area contributed by atoms with Gasteiger partial charge in [0.2, 0.25) is 0 Å². The Morgan fingerprint density at radius 3 is 2.88 bits per heavy atom. The summed E-state index contributed by atoms with van der Waals surface area (Å²) in [7, 11) is 0. The number of nitriles is 1. The maximum atomic E-state index is 8.99. The summed E-state index contributed by atoms with van der Waals surface area (Å²) in [5.74, 6) is 0. The molecule has 0 radical (unpaired) electrons. The molecule has 0 aliphatic rings. The summed E-state index contributed by atoms with van der Waals surface area (Å²) >= 11 is 0. The second-order valence-electron chi connectivity index (χ2n) is 4.10. The first-order chi connectivity index (χ1) is 8.26. The van der Waals surface area contributed by atoms with Gasteiger partial charge in [0.25, 0.3) is 0 Å². The molecule has 0 aliphatic heterocycles. The van der Waals surface area contributed by atoms with Crippen molar-refractivity contribution in [1.29, 1.82) is 5.26 Å². The molecule has 0 bridgehead atoms. The first-order valence-corrected chi connectivity index (χ1v) is 5.56. The van der Waals surface area contributed by atoms with Crippen LogP contribution in [0, 0.1) is 11.3 Å². The van der Waals surface area contributed by atoms with E-state index >= 15 is 0 Å². The summed E-state index contributed by atoms with van der Waals surface area (Å²) in [6.45, 7) is 0.298. The number of nitrogens with zero attached hydrogens (tertiary/aromatic N) is 2. The van der Waals surface area contributed by atoms with Gasteiger partial charge in [-0.3, -0.25) is 0 Å². The molecule has 0 saturated carbocycles. The van der Waals surface area contributed by atoms with Crippen molar-refractivity contribution in [3.8, 4) is 6.07 Å². The summed E-state index contributed by atoms with van der Waals surface area (Å²) in [4.78, 5) is 0. The number of hydrogen-bond donors (Lipinski definition) is 2. The van der Waals surface area contributed by atoms with E-state index in [1.807, 2.05) is 35.0 Å². The van der Waals surface area contributed by atoms with Gasteiger partial charge in [-0.05, 0) is 18.1 Å². The number of nitrogens with two attached hydrogens (primary N) is 1. The van der Waals surface area contributed by atoms with Gasteiger partial charge in [0.15, 0.2) is 0 Å². The standard InChI is InChI=1S/C13H15N3O/c14-5-6-16-8-10(7-11(15)9-17)12-3-1-2-4-13(12)16/h1-4,8,11,17H,6-7,9,15H2/t11-/m1/s1. The van der Waals surface area contributed by atoms with Crippen LogP contribution in [0.15, 0.2) is 30.5 Å². The van der Waals surface area contributed by atoms with Crippen molar-refractivity contribution in [2.24, 2.45) is 5.73 Å². The zero-order valence-corrected chi connectivity index (χ0v) is 9.50. The van der Waals surface area contributed by atoms with Gasteiger partial charge in [-0.1, -0.05) is 18.2 Å². The van der Waals surface area contributed by atoms with E-state index in [-0.39, 0.29) is 12.6 Å². The van der Waals surface area contributed by atoms with Crippen LogP contribution in [0.5, 0.6) is 0 Å². The van der Waals surface area contributed by atoms with Crippen LogP contribution >= 0.6 is 0 Å². The van der Waals surface area contributed by atoms with Gasteiger partial charge in [0.05, 0.1) is 12.7 Å². The molecule has 2 aromatic rings. The lowest BCUT2D eigenvalue weighted by Crippen LogP contribution is -2.26. The Kier molecular flexibility index (Phi) is 3.43. The fourth-order valence-electron chi connectivity index (χ4n) is 2.04. The second-order valence-corrected chi connectivity index (χ2v) is 4.10. The molecule has 4 heteroatoms. The van der Waals surface area contributed by atoms with E-state index in [1.54, 1.807) is 0 Å². The third-order valence-electron chi connectivity index (χ3n) is 2.83. The van der Waals surface area contributed by atoms with Gasteiger partial charge in [0.1, 0.15) is 6.54 Å². The lowest BCUT2D eigenvalue weighted by Gasteiger charge is -2.05. The smallest absolute Gasteiger partial charge is 0.110 e. The number of fused-ring (bicyclic) bond motifs is 1. The lowest BCUT2D eigenvalue weighted by atomic mass is 10.1. The van der Waals surface area contributed by atoms with E-state index in [0.717, 1.165) is 16.5 Å². The Morgan fingerprint density at radius 1 is 1.41 bits per heavy atom. The van der Waals surface area contributed by atoms with Crippen molar-refractivity contribution in [2.45, 2.75) is 19.0 Å². The van der Waals surface area contributed by atoms with Gasteiger partial charge in [-0.15, -0.1) is 0 Å². The number of aliphatic hydroxyl groups excluding tert-OH is 1. The van der Waals surface area contributed by atoms with Gasteiger partial charge in [0, 0.05) is 23.1 Å². The Morgan fingerprint density at radius 2 is 2.18 bits per heavy atom. The molecule has 0 unspecified atom stereocenters. The number of benzene rings is 1. The zero-order chi connectivity index (χ0) is 12.3. The highest BCUT2D eigenvalue weighted by atomic mass is 16.3. The highest BCUT2D eigenvalue weighted by molar-refractivity contribution is 5.84. The molecular formula is C13H15N3O. The van der Waals surface area contributed by atoms with E-state index in [2.05, 4.69) is 6.07 Å². The van der Waals surface area contributed by atoms with Crippen molar-refractivity contribution >= 4 is 10.9 Å². The molecule has 3 N–H and O–H groups in total. The van der Waals surface area contributed by atoms with Crippen molar-refractivity contribution in [3.05, 3.63) is 36.0 Å². The highest BCUT2D eigenvalue weighted by Crippen LogP contribution is 2.22. The predicted octanol–water partition coefficient (Wildman–Crippen LogP) is 1.03. The highest BCUT2D eigenvalue weighted by Gasteiger charge is 2.10. The molecule has 1 aromatic heterocycles. The number of para-hydroxylation sites is 1. The topological polar surface area (TPSA) is 75.0 Å². The molecule has 1 heterocycles. The van der Waals surface area contributed by atoms with Crippen LogP contribution in [-0.4, -0.2) is 22.3 Å². The third-order valence-corrected chi connectivity index (χ3v) is 2.83. The SMILES string of the molecule is N#CCn1cc(C[C@@H](N)CO)c2ccccc21. The molecule has 88 valence electrons. The fraction of sp³-hybridized carbons (Fsp3) is 0.308. The summed E-state index contributed by atoms with van der Waals surface area (Å²) in [5.41, 5.74) is 7.87. The Bertz CT molecular complexity index is 553. The van der Waals surface area contributed by atoms with E-state index in [0.29, 0.717) is 13.0 Å². The zero-order valence-electron chi connectivity index (χ0n) is 9.50. The Balaban J connectivity index is 2.45. The fourth-order valence-corrected chi connectivity index (χ4v) is 2.04. The molecule has 0 fully saturated rings. The number of aromatic nitrogens is 1. The average molecular weight is 229 g/mol. The average Bonchev–Trinajstić information content (AvgIpc) is 2.69. The molecule has 2 rings (SSSR count). The molecule has 0 spiro atoms. The summed E-state index contributed by atoms with van der Waals surface area (Å²) in [6.07, 6.45) is 2.57. The number of hydrogen-bond acceptors (Lipinski definition) is 3. The first-order valence-electron chi connectivity index (χ1n) is 5.56. The minimum atomic E-state index is -0.253. The predicted molar refractivity (Wildman–Crippen MR) is 66.3 cm³/mol. The Hall–Kier alpha value is -1.83. The van der Waals surface area contributed by atoms with Gasteiger partial charge >= 0.3 is 0 Å². The van der Waals surface area contributed by atoms with Crippen molar-refractivity contribution in [1.82, 2.24) is 4.57 Å². The van der Waals surface area contributed by atoms with Gasteiger partial charge in [-0.2, -0.15) is 5.26 Å². The Labute approximate surface area is 99.9 Å². The second kappa shape index (κ2) is 5.00. The first kappa shape index (κ1) is 11.6. The van der Waals surface area contributed by atoms with Crippen LogP contribution in [-0.2, 0) is 13.0 Å². The minimum Gasteiger partial charge on any atom is -0.395 e. The quantitative estimate of drug-likeness (QED) is 0.822. The van der Waals surface area contributed by atoms with Gasteiger partial charge in [-0.25, -0.2) is 0 Å². The summed E-state index contributed by atoms with van der Waals surface area (Å²) < 4.78 is 1.91. The van der Waals surface area contributed by atoms with Gasteiger partial charge < -0.3 is 15.4 Å². The number of aliphatic hydroxyl groups is 1. The third kappa shape index (κ3) is 2.31. The molecule has 0 amide bonds. The van der Waals surface area contributed by atoms with E-state index in [4.69, 9.17) is 16.1 Å². The van der Waals surface area contributed by atoms with Crippen LogP contribution in [0.2, 0.25) is 0 Å². The summed E-state index contributed by atoms with van der Waals surface area (Å²) in [6, 6.07) is 9.80. The molecule has 1 atom stereocenters. The van der Waals surface area contributed by atoms with Crippen LogP contribution in [0.25, 0.3) is 10.9 Å². The molecule has 0 aliphatic carbocycles. The van der Waals surface area contributed by atoms with Crippen molar-refractivity contribution in [3.63, 3.8) is 0 Å². The van der Waals surface area contributed by atoms with Crippen molar-refractivity contribution in [2.75, 3.05) is 6.61 Å². The molecule has 1 aromatic carbocycles. The van der Waals surface area contributed by atoms with Crippen LogP contribution < -0.4 is 5.73 Å². The molecular weight excluding hydrogens is 214 g/mol. The normalized spacial score (nSPS) is 12.5. The summed E-state index contributed by atoms with van der Waals surface area (Å²) in [5, 5.41) is 18.9. The maximum Gasteiger partial charge on any atom is 0.110 e. The molecule has 0 saturated heterocycles. The molecule has 17 heavy (non-hydrogen) atoms. The van der Waals surface area contributed by atoms with E-state index in [9.17, 15) is 0 Å². The maximum absolute atomic E-state index is 8.99. The van der Waals surface area contributed by atoms with E-state index < -0.39 is 0 Å². The van der Waals surface area contributed by atoms with E-state index in [1.165, 1.54) is 0 Å². The molecule has 4 nitrogen and oxygen atoms in total. The van der Waals surface area contributed by atoms with Crippen molar-refractivity contribution < 1.29 is 5.11 Å². The number of rotatable bonds is 4. The monoisotopic (exact) mass is 229 g/mol.